The summed E-state index contributed by atoms with van der Waals surface area (Å²) in [6.45, 7) is 7.73. The molecule has 0 saturated heterocycles. The van der Waals surface area contributed by atoms with Crippen molar-refractivity contribution in [3.05, 3.63) is 0 Å². The summed E-state index contributed by atoms with van der Waals surface area (Å²) in [4.78, 5) is 11.8. The van der Waals surface area contributed by atoms with Crippen LogP contribution < -0.4 is 5.73 Å². The predicted molar refractivity (Wildman–Crippen MR) is 55.8 cm³/mol. The molecule has 0 aromatic carbocycles. The Morgan fingerprint density at radius 2 is 2.07 bits per heavy atom. The van der Waals surface area contributed by atoms with Gasteiger partial charge in [0.15, 0.2) is 0 Å². The maximum absolute atomic E-state index is 11.8. The van der Waals surface area contributed by atoms with Crippen LogP contribution in [-0.2, 0) is 9.53 Å². The molecular formula is C11H21NO2. The third kappa shape index (κ3) is 2.71. The van der Waals surface area contributed by atoms with E-state index in [1.165, 1.54) is 0 Å². The topological polar surface area (TPSA) is 52.3 Å². The molecule has 0 amide bonds. The lowest BCUT2D eigenvalue weighted by Gasteiger charge is -2.28. The summed E-state index contributed by atoms with van der Waals surface area (Å²) < 4.78 is 5.31. The third-order valence-corrected chi connectivity index (χ3v) is 2.60. The lowest BCUT2D eigenvalue weighted by Crippen LogP contribution is -2.49. The van der Waals surface area contributed by atoms with Gasteiger partial charge in [-0.3, -0.25) is 4.79 Å². The van der Waals surface area contributed by atoms with Crippen molar-refractivity contribution in [3.8, 4) is 0 Å². The minimum absolute atomic E-state index is 0.241. The summed E-state index contributed by atoms with van der Waals surface area (Å²) in [7, 11) is 0. The molecule has 2 N–H and O–H groups in total. The van der Waals surface area contributed by atoms with Gasteiger partial charge in [0.05, 0.1) is 0 Å². The zero-order valence-corrected chi connectivity index (χ0v) is 9.59. The molecule has 1 aliphatic carbocycles. The quantitative estimate of drug-likeness (QED) is 0.656. The van der Waals surface area contributed by atoms with Gasteiger partial charge in [-0.15, -0.1) is 0 Å². The number of carbonyl (C=O) groups excluding carboxylic acids is 1. The molecule has 2 unspecified atom stereocenters. The fourth-order valence-electron chi connectivity index (χ4n) is 1.90. The van der Waals surface area contributed by atoms with E-state index >= 15 is 0 Å². The monoisotopic (exact) mass is 199 g/mol. The zero-order valence-electron chi connectivity index (χ0n) is 9.59. The first kappa shape index (κ1) is 11.5. The van der Waals surface area contributed by atoms with Crippen molar-refractivity contribution in [1.82, 2.24) is 0 Å². The second-order valence-corrected chi connectivity index (χ2v) is 5.51. The first-order valence-corrected chi connectivity index (χ1v) is 5.25. The Morgan fingerprint density at radius 3 is 2.43 bits per heavy atom. The molecule has 1 fully saturated rings. The molecule has 0 heterocycles. The SMILES string of the molecule is CC1CCC(N)(C(=O)OC(C)(C)C)C1. The van der Waals surface area contributed by atoms with E-state index in [0.29, 0.717) is 5.92 Å². The first-order valence-electron chi connectivity index (χ1n) is 5.25. The van der Waals surface area contributed by atoms with Gasteiger partial charge >= 0.3 is 5.97 Å². The van der Waals surface area contributed by atoms with Gasteiger partial charge in [0, 0.05) is 0 Å². The van der Waals surface area contributed by atoms with Crippen molar-refractivity contribution in [2.75, 3.05) is 0 Å². The number of nitrogens with two attached hydrogens (primary N) is 1. The summed E-state index contributed by atoms with van der Waals surface area (Å²) in [6, 6.07) is 0. The van der Waals surface area contributed by atoms with E-state index < -0.39 is 11.1 Å². The van der Waals surface area contributed by atoms with Crippen molar-refractivity contribution in [2.45, 2.75) is 58.1 Å². The Bertz CT molecular complexity index is 232. The van der Waals surface area contributed by atoms with E-state index in [-0.39, 0.29) is 5.97 Å². The number of ether oxygens (including phenoxy) is 1. The van der Waals surface area contributed by atoms with E-state index in [0.717, 1.165) is 19.3 Å². The summed E-state index contributed by atoms with van der Waals surface area (Å²) in [5.74, 6) is 0.293. The third-order valence-electron chi connectivity index (χ3n) is 2.60. The smallest absolute Gasteiger partial charge is 0.326 e. The molecule has 0 radical (unpaired) electrons. The average molecular weight is 199 g/mol. The van der Waals surface area contributed by atoms with Gasteiger partial charge < -0.3 is 10.5 Å². The van der Waals surface area contributed by atoms with E-state index in [9.17, 15) is 4.79 Å². The Balaban J connectivity index is 2.61. The van der Waals surface area contributed by atoms with Crippen molar-refractivity contribution < 1.29 is 9.53 Å². The minimum Gasteiger partial charge on any atom is -0.459 e. The van der Waals surface area contributed by atoms with Gasteiger partial charge in [0.25, 0.3) is 0 Å². The fourth-order valence-corrected chi connectivity index (χ4v) is 1.90. The molecule has 0 bridgehead atoms. The van der Waals surface area contributed by atoms with E-state index in [2.05, 4.69) is 6.92 Å². The molecule has 3 heteroatoms. The van der Waals surface area contributed by atoms with Crippen molar-refractivity contribution in [3.63, 3.8) is 0 Å². The van der Waals surface area contributed by atoms with Gasteiger partial charge in [0.2, 0.25) is 0 Å². The molecule has 82 valence electrons. The maximum Gasteiger partial charge on any atom is 0.326 e. The molecular weight excluding hydrogens is 178 g/mol. The second-order valence-electron chi connectivity index (χ2n) is 5.51. The van der Waals surface area contributed by atoms with Crippen LogP contribution in [0.5, 0.6) is 0 Å². The molecule has 1 aliphatic rings. The minimum atomic E-state index is -0.729. The lowest BCUT2D eigenvalue weighted by molar-refractivity contribution is -0.161. The fraction of sp³-hybridized carbons (Fsp3) is 0.909. The normalized spacial score (nSPS) is 33.1. The summed E-state index contributed by atoms with van der Waals surface area (Å²) in [6.07, 6.45) is 2.53. The highest BCUT2D eigenvalue weighted by Gasteiger charge is 2.43. The first-order chi connectivity index (χ1) is 6.23. The van der Waals surface area contributed by atoms with Crippen LogP contribution in [0.2, 0.25) is 0 Å². The number of hydrogen-bond donors (Lipinski definition) is 1. The van der Waals surface area contributed by atoms with E-state index in [1.54, 1.807) is 0 Å². The molecule has 0 aromatic rings. The van der Waals surface area contributed by atoms with Crippen LogP contribution in [0.3, 0.4) is 0 Å². The van der Waals surface area contributed by atoms with Crippen LogP contribution in [-0.4, -0.2) is 17.1 Å². The van der Waals surface area contributed by atoms with Crippen LogP contribution in [0.1, 0.15) is 47.0 Å². The Hall–Kier alpha value is -0.570. The Labute approximate surface area is 86.0 Å². The Morgan fingerprint density at radius 1 is 1.50 bits per heavy atom. The molecule has 1 rings (SSSR count). The number of hydrogen-bond acceptors (Lipinski definition) is 3. The van der Waals surface area contributed by atoms with Crippen LogP contribution in [0.15, 0.2) is 0 Å². The summed E-state index contributed by atoms with van der Waals surface area (Å²) in [5, 5.41) is 0. The second kappa shape index (κ2) is 3.54. The zero-order chi connectivity index (χ0) is 11.0. The Kier molecular flexibility index (Phi) is 2.91. The molecule has 0 aromatic heterocycles. The van der Waals surface area contributed by atoms with Crippen molar-refractivity contribution in [2.24, 2.45) is 11.7 Å². The average Bonchev–Trinajstić information content (AvgIpc) is 2.29. The largest absolute Gasteiger partial charge is 0.459 e. The van der Waals surface area contributed by atoms with Gasteiger partial charge in [-0.1, -0.05) is 6.92 Å². The highest BCUT2D eigenvalue weighted by molar-refractivity contribution is 5.81. The predicted octanol–water partition coefficient (Wildman–Crippen LogP) is 1.85. The standard InChI is InChI=1S/C11H21NO2/c1-8-5-6-11(12,7-8)9(13)14-10(2,3)4/h8H,5-7,12H2,1-4H3. The molecule has 14 heavy (non-hydrogen) atoms. The van der Waals surface area contributed by atoms with Crippen molar-refractivity contribution >= 4 is 5.97 Å². The van der Waals surface area contributed by atoms with Gasteiger partial charge in [0.1, 0.15) is 11.1 Å². The molecule has 3 nitrogen and oxygen atoms in total. The van der Waals surface area contributed by atoms with Crippen LogP contribution in [0.25, 0.3) is 0 Å². The van der Waals surface area contributed by atoms with E-state index in [1.807, 2.05) is 20.8 Å². The number of rotatable bonds is 1. The lowest BCUT2D eigenvalue weighted by atomic mass is 9.97. The van der Waals surface area contributed by atoms with Gasteiger partial charge in [-0.2, -0.15) is 0 Å². The van der Waals surface area contributed by atoms with Gasteiger partial charge in [-0.25, -0.2) is 0 Å². The summed E-state index contributed by atoms with van der Waals surface area (Å²) in [5.41, 5.74) is 4.86. The molecule has 0 spiro atoms. The molecule has 1 saturated carbocycles. The van der Waals surface area contributed by atoms with E-state index in [4.69, 9.17) is 10.5 Å². The van der Waals surface area contributed by atoms with Crippen LogP contribution in [0.4, 0.5) is 0 Å². The summed E-state index contributed by atoms with van der Waals surface area (Å²) >= 11 is 0. The highest BCUT2D eigenvalue weighted by atomic mass is 16.6. The number of esters is 1. The highest BCUT2D eigenvalue weighted by Crippen LogP contribution is 2.34. The van der Waals surface area contributed by atoms with Crippen LogP contribution >= 0.6 is 0 Å². The molecule has 0 aliphatic heterocycles. The number of carbonyl (C=O) groups is 1. The maximum atomic E-state index is 11.8. The van der Waals surface area contributed by atoms with Gasteiger partial charge in [-0.05, 0) is 46.0 Å². The van der Waals surface area contributed by atoms with Crippen LogP contribution in [0, 0.1) is 5.92 Å². The van der Waals surface area contributed by atoms with Crippen molar-refractivity contribution in [1.29, 1.82) is 0 Å². The molecule has 2 atom stereocenters.